The van der Waals surface area contributed by atoms with E-state index in [2.05, 4.69) is 0 Å². The summed E-state index contributed by atoms with van der Waals surface area (Å²) in [7, 11) is 1.69. The fraction of sp³-hybridized carbons (Fsp3) is 0.312. The van der Waals surface area contributed by atoms with E-state index in [-0.39, 0.29) is 17.7 Å². The second-order valence-electron chi connectivity index (χ2n) is 5.85. The molecule has 1 unspecified atom stereocenters. The van der Waals surface area contributed by atoms with Gasteiger partial charge < -0.3 is 0 Å². The zero-order valence-electron chi connectivity index (χ0n) is 11.8. The second kappa shape index (κ2) is 4.27. The molecule has 112 valence electrons. The molecule has 5 nitrogen and oxygen atoms in total. The van der Waals surface area contributed by atoms with Crippen LogP contribution in [0.2, 0.25) is 0 Å². The molecule has 2 saturated heterocycles. The average molecular weight is 317 g/mol. The van der Waals surface area contributed by atoms with E-state index in [0.29, 0.717) is 5.69 Å². The number of nitrogens with zero attached hydrogens (tertiary/aromatic N) is 2. The molecule has 6 heteroatoms. The van der Waals surface area contributed by atoms with Gasteiger partial charge in [0.25, 0.3) is 0 Å². The van der Waals surface area contributed by atoms with Crippen LogP contribution in [-0.2, 0) is 14.4 Å². The summed E-state index contributed by atoms with van der Waals surface area (Å²) < 4.78 is 0. The van der Waals surface area contributed by atoms with E-state index in [0.717, 1.165) is 0 Å². The molecule has 1 aromatic rings. The summed E-state index contributed by atoms with van der Waals surface area (Å²) in [5.41, 5.74) is 0.518. The van der Waals surface area contributed by atoms with Crippen molar-refractivity contribution in [2.24, 2.45) is 11.8 Å². The van der Waals surface area contributed by atoms with Gasteiger partial charge >= 0.3 is 0 Å². The Balaban J connectivity index is 1.85. The number of rotatable bonds is 1. The topological polar surface area (TPSA) is 57.7 Å². The molecule has 2 fully saturated rings. The third kappa shape index (κ3) is 1.40. The molecule has 4 atom stereocenters. The highest BCUT2D eigenvalue weighted by Gasteiger charge is 2.70. The fourth-order valence-electron chi connectivity index (χ4n) is 3.83. The van der Waals surface area contributed by atoms with Crippen LogP contribution >= 0.6 is 11.6 Å². The molecule has 4 rings (SSSR count). The van der Waals surface area contributed by atoms with Crippen molar-refractivity contribution in [3.63, 3.8) is 0 Å². The first-order valence-electron chi connectivity index (χ1n) is 7.05. The normalized spacial score (nSPS) is 37.1. The Kier molecular flexibility index (Phi) is 2.65. The number of fused-ring (bicyclic) bond motifs is 5. The summed E-state index contributed by atoms with van der Waals surface area (Å²) in [6.45, 7) is 0. The molecule has 2 amide bonds. The average Bonchev–Trinajstić information content (AvgIpc) is 2.85. The first-order chi connectivity index (χ1) is 10.5. The summed E-state index contributed by atoms with van der Waals surface area (Å²) in [6, 6.07) is 8.42. The van der Waals surface area contributed by atoms with Crippen LogP contribution < -0.4 is 4.90 Å². The molecule has 1 aromatic carbocycles. The molecular weight excluding hydrogens is 304 g/mol. The molecule has 2 bridgehead atoms. The molecule has 3 heterocycles. The zero-order valence-corrected chi connectivity index (χ0v) is 12.5. The number of carbonyl (C=O) groups excluding carboxylic acids is 3. The largest absolute Gasteiger partial charge is 0.291 e. The van der Waals surface area contributed by atoms with Crippen molar-refractivity contribution < 1.29 is 14.4 Å². The highest BCUT2D eigenvalue weighted by atomic mass is 35.5. The van der Waals surface area contributed by atoms with E-state index < -0.39 is 22.7 Å². The van der Waals surface area contributed by atoms with Gasteiger partial charge in [-0.15, -0.1) is 0 Å². The number of halogens is 1. The predicted molar refractivity (Wildman–Crippen MR) is 80.2 cm³/mol. The lowest BCUT2D eigenvalue weighted by atomic mass is 9.89. The Hall–Kier alpha value is -1.98. The molecule has 0 saturated carbocycles. The standard InChI is InChI=1S/C16H13ClN2O3/c1-18-10-7-8-11(20)16(18,17)13-12(10)14(21)19(15(13)22)9-5-3-2-4-6-9/h2-8,10,12-13H,1H3/t10-,12-,13+,16?/m0/s1. The summed E-state index contributed by atoms with van der Waals surface area (Å²) in [5, 5.41) is 0. The first kappa shape index (κ1) is 13.7. The van der Waals surface area contributed by atoms with Gasteiger partial charge in [-0.25, -0.2) is 4.90 Å². The van der Waals surface area contributed by atoms with E-state index in [9.17, 15) is 14.4 Å². The summed E-state index contributed by atoms with van der Waals surface area (Å²) in [5.74, 6) is -2.49. The van der Waals surface area contributed by atoms with Crippen LogP contribution in [0.15, 0.2) is 42.5 Å². The lowest BCUT2D eigenvalue weighted by molar-refractivity contribution is -0.130. The van der Waals surface area contributed by atoms with Gasteiger partial charge in [0.05, 0.1) is 17.5 Å². The first-order valence-corrected chi connectivity index (χ1v) is 7.43. The van der Waals surface area contributed by atoms with Crippen LogP contribution in [0.5, 0.6) is 0 Å². The van der Waals surface area contributed by atoms with E-state index in [1.165, 1.54) is 11.0 Å². The number of para-hydroxylation sites is 1. The maximum Gasteiger partial charge on any atom is 0.241 e. The third-order valence-electron chi connectivity index (χ3n) is 4.90. The van der Waals surface area contributed by atoms with Crippen molar-refractivity contribution in [2.45, 2.75) is 11.0 Å². The third-order valence-corrected chi connectivity index (χ3v) is 5.58. The molecule has 0 spiro atoms. The number of alkyl halides is 1. The Morgan fingerprint density at radius 2 is 1.77 bits per heavy atom. The van der Waals surface area contributed by atoms with Crippen LogP contribution in [0.3, 0.4) is 0 Å². The molecule has 3 aliphatic rings. The number of carbonyl (C=O) groups is 3. The number of ketones is 1. The number of amides is 2. The van der Waals surface area contributed by atoms with Gasteiger partial charge in [0.1, 0.15) is 0 Å². The highest BCUT2D eigenvalue weighted by Crippen LogP contribution is 2.53. The monoisotopic (exact) mass is 316 g/mol. The second-order valence-corrected chi connectivity index (χ2v) is 6.43. The molecule has 0 radical (unpaired) electrons. The van der Waals surface area contributed by atoms with Gasteiger partial charge in [-0.3, -0.25) is 19.3 Å². The van der Waals surface area contributed by atoms with Crippen molar-refractivity contribution in [3.8, 4) is 0 Å². The lowest BCUT2D eigenvalue weighted by Crippen LogP contribution is -2.54. The number of likely N-dealkylation sites (N-methyl/N-ethyl adjacent to an activating group) is 1. The van der Waals surface area contributed by atoms with Crippen molar-refractivity contribution in [1.29, 1.82) is 0 Å². The van der Waals surface area contributed by atoms with Crippen LogP contribution in [0.4, 0.5) is 5.69 Å². The quantitative estimate of drug-likeness (QED) is 0.443. The van der Waals surface area contributed by atoms with E-state index in [1.807, 2.05) is 6.07 Å². The lowest BCUT2D eigenvalue weighted by Gasteiger charge is -2.36. The van der Waals surface area contributed by atoms with Crippen LogP contribution in [0, 0.1) is 11.8 Å². The van der Waals surface area contributed by atoms with Gasteiger partial charge in [0.15, 0.2) is 10.8 Å². The number of benzene rings is 1. The molecule has 22 heavy (non-hydrogen) atoms. The van der Waals surface area contributed by atoms with Crippen molar-refractivity contribution in [2.75, 3.05) is 11.9 Å². The van der Waals surface area contributed by atoms with E-state index >= 15 is 0 Å². The highest BCUT2D eigenvalue weighted by molar-refractivity contribution is 6.41. The van der Waals surface area contributed by atoms with Crippen molar-refractivity contribution in [3.05, 3.63) is 42.5 Å². The summed E-state index contributed by atoms with van der Waals surface area (Å²) in [6.07, 6.45) is 3.07. The Morgan fingerprint density at radius 3 is 2.45 bits per heavy atom. The minimum atomic E-state index is -1.46. The number of hydrogen-bond donors (Lipinski definition) is 0. The zero-order chi connectivity index (χ0) is 15.6. The molecule has 0 N–H and O–H groups in total. The van der Waals surface area contributed by atoms with Gasteiger partial charge in [-0.2, -0.15) is 0 Å². The summed E-state index contributed by atoms with van der Waals surface area (Å²) in [4.78, 5) is 39.3. The smallest absolute Gasteiger partial charge is 0.241 e. The molecular formula is C16H13ClN2O3. The van der Waals surface area contributed by atoms with Crippen molar-refractivity contribution in [1.82, 2.24) is 4.90 Å². The fourth-order valence-corrected chi connectivity index (χ4v) is 4.23. The number of imide groups is 1. The SMILES string of the molecule is CN1[C@H]2C=CC(=O)C1(Cl)[C@H]1C(=O)N(c3ccccc3)C(=O)[C@@H]21. The predicted octanol–water partition coefficient (Wildman–Crippen LogP) is 1.18. The van der Waals surface area contributed by atoms with Gasteiger partial charge in [0.2, 0.25) is 11.8 Å². The van der Waals surface area contributed by atoms with Gasteiger partial charge in [0, 0.05) is 6.04 Å². The van der Waals surface area contributed by atoms with Crippen LogP contribution in [-0.4, -0.2) is 40.6 Å². The maximum atomic E-state index is 12.9. The molecule has 0 aromatic heterocycles. The summed E-state index contributed by atoms with van der Waals surface area (Å²) >= 11 is 6.54. The Morgan fingerprint density at radius 1 is 1.09 bits per heavy atom. The van der Waals surface area contributed by atoms with Crippen molar-refractivity contribution >= 4 is 34.9 Å². The van der Waals surface area contributed by atoms with Crippen LogP contribution in [0.25, 0.3) is 0 Å². The molecule has 3 aliphatic heterocycles. The Bertz CT molecular complexity index is 732. The van der Waals surface area contributed by atoms with Gasteiger partial charge in [-0.1, -0.05) is 35.9 Å². The number of anilines is 1. The van der Waals surface area contributed by atoms with E-state index in [1.54, 1.807) is 42.3 Å². The number of hydrogen-bond acceptors (Lipinski definition) is 4. The minimum absolute atomic E-state index is 0.292. The van der Waals surface area contributed by atoms with Crippen LogP contribution in [0.1, 0.15) is 0 Å². The maximum absolute atomic E-state index is 12.9. The minimum Gasteiger partial charge on any atom is -0.291 e. The Labute approximate surface area is 132 Å². The van der Waals surface area contributed by atoms with Gasteiger partial charge in [-0.05, 0) is 25.3 Å². The molecule has 0 aliphatic carbocycles. The van der Waals surface area contributed by atoms with E-state index in [4.69, 9.17) is 11.6 Å².